The maximum Gasteiger partial charge on any atom is 0.325 e. The quantitative estimate of drug-likeness (QED) is 0.493. The average molecular weight is 465 g/mol. The van der Waals surface area contributed by atoms with Crippen LogP contribution in [0.2, 0.25) is 0 Å². The summed E-state index contributed by atoms with van der Waals surface area (Å²) in [5, 5.41) is 5.15. The number of allylic oxidation sites excluding steroid dienone is 2. The number of nitrogens with zero attached hydrogens (tertiary/aromatic N) is 3. The van der Waals surface area contributed by atoms with Crippen LogP contribution in [0.5, 0.6) is 0 Å². The lowest BCUT2D eigenvalue weighted by atomic mass is 9.75. The normalized spacial score (nSPS) is 26.7. The van der Waals surface area contributed by atoms with Crippen molar-refractivity contribution < 1.29 is 9.59 Å². The number of carbonyl (C=O) groups is 2. The van der Waals surface area contributed by atoms with E-state index in [-0.39, 0.29) is 17.9 Å². The Balaban J connectivity index is 1.33. The number of pyridine rings is 1. The molecule has 0 saturated carbocycles. The first-order chi connectivity index (χ1) is 16.2. The smallest absolute Gasteiger partial charge is 0.318 e. The summed E-state index contributed by atoms with van der Waals surface area (Å²) in [6, 6.07) is 9.41. The summed E-state index contributed by atoms with van der Waals surface area (Å²) in [5.41, 5.74) is -0.397. The maximum absolute atomic E-state index is 13.9. The van der Waals surface area contributed by atoms with Crippen molar-refractivity contribution in [1.29, 1.82) is 0 Å². The van der Waals surface area contributed by atoms with E-state index in [9.17, 15) is 9.59 Å². The summed E-state index contributed by atoms with van der Waals surface area (Å²) in [6.07, 6.45) is 12.4. The summed E-state index contributed by atoms with van der Waals surface area (Å²) in [6.45, 7) is 3.43. The molecule has 2 aliphatic heterocycles. The molecule has 2 aromatic heterocycles. The minimum absolute atomic E-state index is 0.0399. The van der Waals surface area contributed by atoms with Gasteiger partial charge in [0.2, 0.25) is 0 Å². The van der Waals surface area contributed by atoms with Crippen LogP contribution in [0.25, 0.3) is 0 Å². The van der Waals surface area contributed by atoms with Crippen LogP contribution in [0.3, 0.4) is 0 Å². The van der Waals surface area contributed by atoms with Crippen LogP contribution < -0.4 is 5.32 Å². The molecular formula is C26H32N4O2S. The Morgan fingerprint density at radius 2 is 1.97 bits per heavy atom. The van der Waals surface area contributed by atoms with Crippen LogP contribution in [-0.2, 0) is 16.8 Å². The van der Waals surface area contributed by atoms with E-state index in [2.05, 4.69) is 27.4 Å². The minimum atomic E-state index is -1.06. The van der Waals surface area contributed by atoms with Gasteiger partial charge in [0.15, 0.2) is 5.54 Å². The monoisotopic (exact) mass is 464 g/mol. The Hall–Kier alpha value is -2.51. The maximum atomic E-state index is 13.9. The van der Waals surface area contributed by atoms with Crippen molar-refractivity contribution in [3.8, 4) is 0 Å². The Kier molecular flexibility index (Phi) is 6.60. The van der Waals surface area contributed by atoms with Gasteiger partial charge in [0.25, 0.3) is 5.91 Å². The van der Waals surface area contributed by atoms with Crippen LogP contribution in [0.1, 0.15) is 42.7 Å². The zero-order chi connectivity index (χ0) is 22.7. The van der Waals surface area contributed by atoms with Crippen molar-refractivity contribution in [2.24, 2.45) is 11.8 Å². The predicted molar refractivity (Wildman–Crippen MR) is 130 cm³/mol. The van der Waals surface area contributed by atoms with Gasteiger partial charge in [0, 0.05) is 24.2 Å². The molecule has 2 saturated heterocycles. The topological polar surface area (TPSA) is 65.5 Å². The van der Waals surface area contributed by atoms with Gasteiger partial charge in [-0.2, -0.15) is 0 Å². The Bertz CT molecular complexity index is 985. The first-order valence-corrected chi connectivity index (χ1v) is 13.0. The number of aromatic nitrogens is 1. The molecule has 1 N–H and O–H groups in total. The third-order valence-corrected chi connectivity index (χ3v) is 8.39. The van der Waals surface area contributed by atoms with Gasteiger partial charge < -0.3 is 10.2 Å². The SMILES string of the molecule is O=C1N[C@@](c2ccccn2)(C2CCN(C[C@@H]3CC=CCC3)CC2)C(=O)N1CCc1cccs1. The molecule has 0 radical (unpaired) electrons. The second kappa shape index (κ2) is 9.77. The molecule has 7 heteroatoms. The molecule has 33 heavy (non-hydrogen) atoms. The van der Waals surface area contributed by atoms with E-state index < -0.39 is 5.54 Å². The molecule has 2 aromatic rings. The van der Waals surface area contributed by atoms with E-state index in [1.165, 1.54) is 29.0 Å². The molecule has 5 rings (SSSR count). The third kappa shape index (κ3) is 4.49. The molecule has 3 amide bonds. The number of urea groups is 1. The van der Waals surface area contributed by atoms with Crippen LogP contribution in [0.15, 0.2) is 54.1 Å². The number of hydrogen-bond donors (Lipinski definition) is 1. The Labute approximate surface area is 199 Å². The molecule has 0 bridgehead atoms. The van der Waals surface area contributed by atoms with Gasteiger partial charge >= 0.3 is 6.03 Å². The zero-order valence-corrected chi connectivity index (χ0v) is 19.8. The number of thiophene rings is 1. The summed E-state index contributed by atoms with van der Waals surface area (Å²) in [5.74, 6) is 0.633. The lowest BCUT2D eigenvalue weighted by Gasteiger charge is -2.41. The first-order valence-electron chi connectivity index (χ1n) is 12.1. The average Bonchev–Trinajstić information content (AvgIpc) is 3.46. The number of likely N-dealkylation sites (tertiary alicyclic amines) is 1. The van der Waals surface area contributed by atoms with Gasteiger partial charge in [-0.1, -0.05) is 24.3 Å². The highest BCUT2D eigenvalue weighted by Gasteiger charge is 2.57. The van der Waals surface area contributed by atoms with Gasteiger partial charge in [-0.15, -0.1) is 11.3 Å². The Morgan fingerprint density at radius 1 is 1.09 bits per heavy atom. The number of piperidine rings is 1. The standard InChI is InChI=1S/C26H32N4O2S/c31-24-26(23-10-4-5-14-27-23,28-25(32)30(24)17-13-22-9-6-18-33-22)21-11-15-29(16-12-21)19-20-7-2-1-3-8-20/h1-2,4-6,9-10,14,18,20-21H,3,7-8,11-13,15-17,19H2,(H,28,32)/t20-,26-/m1/s1. The van der Waals surface area contributed by atoms with Gasteiger partial charge in [-0.3, -0.25) is 14.7 Å². The highest BCUT2D eigenvalue weighted by molar-refractivity contribution is 7.09. The van der Waals surface area contributed by atoms with Gasteiger partial charge in [-0.05, 0) is 87.0 Å². The van der Waals surface area contributed by atoms with E-state index in [4.69, 9.17) is 0 Å². The molecule has 0 spiro atoms. The molecular weight excluding hydrogens is 432 g/mol. The fourth-order valence-electron chi connectivity index (χ4n) is 5.67. The zero-order valence-electron chi connectivity index (χ0n) is 19.0. The molecule has 2 atom stereocenters. The number of hydrogen-bond acceptors (Lipinski definition) is 5. The summed E-state index contributed by atoms with van der Waals surface area (Å²) >= 11 is 1.66. The molecule has 0 unspecified atom stereocenters. The van der Waals surface area contributed by atoms with Crippen molar-refractivity contribution in [2.45, 2.75) is 44.1 Å². The highest BCUT2D eigenvalue weighted by Crippen LogP contribution is 2.41. The van der Waals surface area contributed by atoms with Gasteiger partial charge in [0.05, 0.1) is 5.69 Å². The summed E-state index contributed by atoms with van der Waals surface area (Å²) in [7, 11) is 0. The first kappa shape index (κ1) is 22.3. The second-order valence-electron chi connectivity index (χ2n) is 9.46. The predicted octanol–water partition coefficient (Wildman–Crippen LogP) is 4.20. The number of carbonyl (C=O) groups excluding carboxylic acids is 2. The van der Waals surface area contributed by atoms with Crippen LogP contribution in [0.4, 0.5) is 4.79 Å². The summed E-state index contributed by atoms with van der Waals surface area (Å²) < 4.78 is 0. The van der Waals surface area contributed by atoms with Crippen molar-refractivity contribution in [3.05, 3.63) is 64.6 Å². The Morgan fingerprint density at radius 3 is 2.67 bits per heavy atom. The molecule has 174 valence electrons. The third-order valence-electron chi connectivity index (χ3n) is 7.46. The molecule has 6 nitrogen and oxygen atoms in total. The van der Waals surface area contributed by atoms with Crippen molar-refractivity contribution in [2.75, 3.05) is 26.2 Å². The number of amides is 3. The van der Waals surface area contributed by atoms with Crippen molar-refractivity contribution in [3.63, 3.8) is 0 Å². The van der Waals surface area contributed by atoms with E-state index in [1.54, 1.807) is 17.5 Å². The van der Waals surface area contributed by atoms with Gasteiger partial charge in [-0.25, -0.2) is 4.79 Å². The molecule has 3 aliphatic rings. The fourth-order valence-corrected chi connectivity index (χ4v) is 6.36. The molecule has 2 fully saturated rings. The lowest BCUT2D eigenvalue weighted by Crippen LogP contribution is -2.54. The van der Waals surface area contributed by atoms with Crippen LogP contribution in [-0.4, -0.2) is 52.9 Å². The lowest BCUT2D eigenvalue weighted by molar-refractivity contribution is -0.134. The second-order valence-corrected chi connectivity index (χ2v) is 10.5. The largest absolute Gasteiger partial charge is 0.325 e. The van der Waals surface area contributed by atoms with Crippen LogP contribution in [0, 0.1) is 11.8 Å². The number of nitrogens with one attached hydrogen (secondary N) is 1. The highest BCUT2D eigenvalue weighted by atomic mass is 32.1. The van der Waals surface area contributed by atoms with Crippen LogP contribution >= 0.6 is 11.3 Å². The minimum Gasteiger partial charge on any atom is -0.318 e. The number of rotatable bonds is 7. The van der Waals surface area contributed by atoms with E-state index in [0.717, 1.165) is 38.4 Å². The fraction of sp³-hybridized carbons (Fsp3) is 0.500. The van der Waals surface area contributed by atoms with Gasteiger partial charge in [0.1, 0.15) is 0 Å². The van der Waals surface area contributed by atoms with E-state index >= 15 is 0 Å². The molecule has 0 aromatic carbocycles. The van der Waals surface area contributed by atoms with E-state index in [1.807, 2.05) is 35.7 Å². The van der Waals surface area contributed by atoms with Crippen molar-refractivity contribution >= 4 is 23.3 Å². The summed E-state index contributed by atoms with van der Waals surface area (Å²) in [4.78, 5) is 36.6. The molecule has 1 aliphatic carbocycles. The van der Waals surface area contributed by atoms with Crippen molar-refractivity contribution in [1.82, 2.24) is 20.1 Å². The van der Waals surface area contributed by atoms with E-state index in [0.29, 0.717) is 18.7 Å². The molecule has 4 heterocycles. The number of imide groups is 1.